The highest BCUT2D eigenvalue weighted by Crippen LogP contribution is 2.09. The molecule has 1 rings (SSSR count). The summed E-state index contributed by atoms with van der Waals surface area (Å²) in [5, 5.41) is 7.57. The molecule has 1 fully saturated rings. The summed E-state index contributed by atoms with van der Waals surface area (Å²) < 4.78 is 0. The lowest BCUT2D eigenvalue weighted by atomic mass is 10.3. The van der Waals surface area contributed by atoms with E-state index in [1.54, 1.807) is 6.92 Å². The summed E-state index contributed by atoms with van der Waals surface area (Å²) in [5.74, 6) is 0. The fraction of sp³-hybridized carbons (Fsp3) is 1.00. The molecule has 68 valence electrons. The van der Waals surface area contributed by atoms with Crippen molar-refractivity contribution in [3.05, 3.63) is 0 Å². The first-order valence-electron chi connectivity index (χ1n) is 4.57. The van der Waals surface area contributed by atoms with Crippen molar-refractivity contribution >= 4 is 0 Å². The SMILES string of the molecule is CC(C)N1CCCC1.CCO. The van der Waals surface area contributed by atoms with Crippen LogP contribution in [0.1, 0.15) is 33.6 Å². The zero-order chi connectivity index (χ0) is 8.69. The van der Waals surface area contributed by atoms with E-state index < -0.39 is 0 Å². The Kier molecular flexibility index (Phi) is 6.57. The average Bonchev–Trinajstić information content (AvgIpc) is 2.38. The third-order valence-corrected chi connectivity index (χ3v) is 1.87. The van der Waals surface area contributed by atoms with Gasteiger partial charge in [-0.3, -0.25) is 0 Å². The second-order valence-corrected chi connectivity index (χ2v) is 3.15. The summed E-state index contributed by atoms with van der Waals surface area (Å²) >= 11 is 0. The van der Waals surface area contributed by atoms with Crippen LogP contribution >= 0.6 is 0 Å². The normalized spacial score (nSPS) is 18.3. The molecule has 1 aliphatic heterocycles. The number of nitrogens with zero attached hydrogens (tertiary/aromatic N) is 1. The Balaban J connectivity index is 0.000000292. The highest BCUT2D eigenvalue weighted by Gasteiger charge is 2.13. The topological polar surface area (TPSA) is 23.5 Å². The first-order valence-corrected chi connectivity index (χ1v) is 4.57. The van der Waals surface area contributed by atoms with Gasteiger partial charge in [0.05, 0.1) is 0 Å². The van der Waals surface area contributed by atoms with E-state index in [4.69, 9.17) is 5.11 Å². The Morgan fingerprint density at radius 2 is 1.64 bits per heavy atom. The van der Waals surface area contributed by atoms with Gasteiger partial charge in [0.1, 0.15) is 0 Å². The maximum atomic E-state index is 7.57. The first kappa shape index (κ1) is 10.9. The Labute approximate surface area is 70.2 Å². The molecule has 2 nitrogen and oxygen atoms in total. The minimum absolute atomic E-state index is 0.250. The second kappa shape index (κ2) is 6.62. The number of hydrogen-bond donors (Lipinski definition) is 1. The molecule has 1 aliphatic rings. The van der Waals surface area contributed by atoms with Crippen LogP contribution in [0.3, 0.4) is 0 Å². The third-order valence-electron chi connectivity index (χ3n) is 1.87. The molecule has 0 bridgehead atoms. The van der Waals surface area contributed by atoms with Crippen LogP contribution in [0.5, 0.6) is 0 Å². The molecule has 1 heterocycles. The van der Waals surface area contributed by atoms with Crippen LogP contribution in [-0.4, -0.2) is 35.7 Å². The number of likely N-dealkylation sites (tertiary alicyclic amines) is 1. The number of rotatable bonds is 1. The van der Waals surface area contributed by atoms with Gasteiger partial charge in [-0.15, -0.1) is 0 Å². The maximum Gasteiger partial charge on any atom is 0.0402 e. The van der Waals surface area contributed by atoms with Crippen LogP contribution in [0.15, 0.2) is 0 Å². The van der Waals surface area contributed by atoms with Crippen molar-refractivity contribution in [2.45, 2.75) is 39.7 Å². The molecule has 0 radical (unpaired) electrons. The second-order valence-electron chi connectivity index (χ2n) is 3.15. The van der Waals surface area contributed by atoms with Gasteiger partial charge in [-0.2, -0.15) is 0 Å². The van der Waals surface area contributed by atoms with Crippen LogP contribution in [0.2, 0.25) is 0 Å². The quantitative estimate of drug-likeness (QED) is 0.626. The van der Waals surface area contributed by atoms with Gasteiger partial charge in [0.2, 0.25) is 0 Å². The monoisotopic (exact) mass is 159 g/mol. The molecule has 1 saturated heterocycles. The largest absolute Gasteiger partial charge is 0.397 e. The molecule has 0 unspecified atom stereocenters. The van der Waals surface area contributed by atoms with E-state index in [1.807, 2.05) is 0 Å². The molecule has 0 aromatic rings. The van der Waals surface area contributed by atoms with Crippen LogP contribution in [0.25, 0.3) is 0 Å². The molecular weight excluding hydrogens is 138 g/mol. The van der Waals surface area contributed by atoms with Crippen molar-refractivity contribution in [1.29, 1.82) is 0 Å². The van der Waals surface area contributed by atoms with Crippen molar-refractivity contribution in [2.75, 3.05) is 19.7 Å². The molecule has 0 aromatic heterocycles. The van der Waals surface area contributed by atoms with E-state index in [9.17, 15) is 0 Å². The van der Waals surface area contributed by atoms with Crippen molar-refractivity contribution in [2.24, 2.45) is 0 Å². The van der Waals surface area contributed by atoms with Gasteiger partial charge in [0.25, 0.3) is 0 Å². The Morgan fingerprint density at radius 3 is 1.82 bits per heavy atom. The van der Waals surface area contributed by atoms with Gasteiger partial charge in [0, 0.05) is 12.6 Å². The molecule has 0 saturated carbocycles. The molecule has 2 heteroatoms. The van der Waals surface area contributed by atoms with Crippen LogP contribution in [0, 0.1) is 0 Å². The molecule has 1 N–H and O–H groups in total. The minimum Gasteiger partial charge on any atom is -0.397 e. The third kappa shape index (κ3) is 5.22. The Morgan fingerprint density at radius 1 is 1.27 bits per heavy atom. The fourth-order valence-electron chi connectivity index (χ4n) is 1.26. The predicted molar refractivity (Wildman–Crippen MR) is 48.7 cm³/mol. The summed E-state index contributed by atoms with van der Waals surface area (Å²) in [6, 6.07) is 0.775. The number of aliphatic hydroxyl groups is 1. The van der Waals surface area contributed by atoms with Crippen LogP contribution in [-0.2, 0) is 0 Å². The van der Waals surface area contributed by atoms with Gasteiger partial charge in [0.15, 0.2) is 0 Å². The first-order chi connectivity index (χ1) is 5.22. The minimum atomic E-state index is 0.250. The standard InChI is InChI=1S/C7H15N.C2H6O/c1-7(2)8-5-3-4-6-8;1-2-3/h7H,3-6H2,1-2H3;3H,2H2,1H3. The Bertz CT molecular complexity index is 77.6. The van der Waals surface area contributed by atoms with Crippen LogP contribution < -0.4 is 0 Å². The summed E-state index contributed by atoms with van der Waals surface area (Å²) in [4.78, 5) is 2.53. The van der Waals surface area contributed by atoms with E-state index in [1.165, 1.54) is 25.9 Å². The zero-order valence-electron chi connectivity index (χ0n) is 8.01. The lowest BCUT2D eigenvalue weighted by Crippen LogP contribution is -2.26. The van der Waals surface area contributed by atoms with Crippen molar-refractivity contribution in [1.82, 2.24) is 4.90 Å². The lowest BCUT2D eigenvalue weighted by molar-refractivity contribution is 0.276. The summed E-state index contributed by atoms with van der Waals surface area (Å²) in [6.45, 7) is 9.13. The predicted octanol–water partition coefficient (Wildman–Crippen LogP) is 1.49. The van der Waals surface area contributed by atoms with E-state index in [0.717, 1.165) is 6.04 Å². The number of hydrogen-bond acceptors (Lipinski definition) is 2. The van der Waals surface area contributed by atoms with E-state index >= 15 is 0 Å². The Hall–Kier alpha value is -0.0800. The van der Waals surface area contributed by atoms with Crippen LogP contribution in [0.4, 0.5) is 0 Å². The van der Waals surface area contributed by atoms with Gasteiger partial charge in [-0.05, 0) is 46.7 Å². The summed E-state index contributed by atoms with van der Waals surface area (Å²) in [7, 11) is 0. The molecule has 0 aromatic carbocycles. The van der Waals surface area contributed by atoms with Gasteiger partial charge >= 0.3 is 0 Å². The van der Waals surface area contributed by atoms with Gasteiger partial charge in [-0.1, -0.05) is 0 Å². The van der Waals surface area contributed by atoms with E-state index in [2.05, 4.69) is 18.7 Å². The van der Waals surface area contributed by atoms with Gasteiger partial charge < -0.3 is 10.0 Å². The van der Waals surface area contributed by atoms with Crippen molar-refractivity contribution in [3.63, 3.8) is 0 Å². The highest BCUT2D eigenvalue weighted by atomic mass is 16.2. The molecule has 0 amide bonds. The summed E-state index contributed by atoms with van der Waals surface area (Å²) in [6.07, 6.45) is 2.83. The number of aliphatic hydroxyl groups excluding tert-OH is 1. The van der Waals surface area contributed by atoms with Gasteiger partial charge in [-0.25, -0.2) is 0 Å². The van der Waals surface area contributed by atoms with Crippen molar-refractivity contribution in [3.8, 4) is 0 Å². The van der Waals surface area contributed by atoms with Crippen molar-refractivity contribution < 1.29 is 5.11 Å². The van der Waals surface area contributed by atoms with E-state index in [-0.39, 0.29) is 6.61 Å². The summed E-state index contributed by atoms with van der Waals surface area (Å²) in [5.41, 5.74) is 0. The molecule has 0 spiro atoms. The molecule has 0 aliphatic carbocycles. The van der Waals surface area contributed by atoms with E-state index in [0.29, 0.717) is 0 Å². The molecular formula is C9H21NO. The lowest BCUT2D eigenvalue weighted by Gasteiger charge is -2.18. The maximum absolute atomic E-state index is 7.57. The average molecular weight is 159 g/mol. The highest BCUT2D eigenvalue weighted by molar-refractivity contribution is 4.68. The zero-order valence-corrected chi connectivity index (χ0v) is 8.01. The molecule has 11 heavy (non-hydrogen) atoms. The molecule has 0 atom stereocenters. The fourth-order valence-corrected chi connectivity index (χ4v) is 1.26. The smallest absolute Gasteiger partial charge is 0.0402 e.